The molecule has 10 heteroatoms. The van der Waals surface area contributed by atoms with Gasteiger partial charge in [-0.25, -0.2) is 9.59 Å². The van der Waals surface area contributed by atoms with Gasteiger partial charge in [0.15, 0.2) is 11.5 Å². The quantitative estimate of drug-likeness (QED) is 0.152. The first-order valence-electron chi connectivity index (χ1n) is 14.9. The summed E-state index contributed by atoms with van der Waals surface area (Å²) >= 11 is 0. The molecule has 0 radical (unpaired) electrons. The highest BCUT2D eigenvalue weighted by molar-refractivity contribution is 5.85. The average molecular weight is 627 g/mol. The first-order valence-corrected chi connectivity index (χ1v) is 14.9. The molecule has 0 saturated carbocycles. The number of benzene rings is 4. The first-order chi connectivity index (χ1) is 22.4. The van der Waals surface area contributed by atoms with Gasteiger partial charge in [-0.15, -0.1) is 0 Å². The van der Waals surface area contributed by atoms with Crippen LogP contribution in [0.15, 0.2) is 109 Å². The number of aliphatic hydroxyl groups is 1. The van der Waals surface area contributed by atoms with Crippen LogP contribution in [0.1, 0.15) is 28.7 Å². The second kappa shape index (κ2) is 17.8. The number of hydrogen-bond donors (Lipinski definition) is 3. The Hall–Kier alpha value is -5.35. The molecule has 4 aromatic rings. The number of esters is 1. The maximum Gasteiger partial charge on any atom is 0.407 e. The number of rotatable bonds is 16. The van der Waals surface area contributed by atoms with Crippen molar-refractivity contribution in [3.8, 4) is 11.5 Å². The highest BCUT2D eigenvalue weighted by Crippen LogP contribution is 2.31. The lowest BCUT2D eigenvalue weighted by Gasteiger charge is -2.19. The van der Waals surface area contributed by atoms with Gasteiger partial charge in [0.05, 0.1) is 19.6 Å². The van der Waals surface area contributed by atoms with E-state index in [1.807, 2.05) is 91.0 Å². The van der Waals surface area contributed by atoms with Crippen molar-refractivity contribution in [2.75, 3.05) is 13.7 Å². The molecule has 0 bridgehead atoms. The molecule has 3 N–H and O–H groups in total. The molecule has 4 rings (SSSR count). The van der Waals surface area contributed by atoms with Gasteiger partial charge in [-0.2, -0.15) is 0 Å². The van der Waals surface area contributed by atoms with E-state index in [-0.39, 0.29) is 26.0 Å². The highest BCUT2D eigenvalue weighted by Gasteiger charge is 2.24. The van der Waals surface area contributed by atoms with Crippen molar-refractivity contribution in [3.63, 3.8) is 0 Å². The summed E-state index contributed by atoms with van der Waals surface area (Å²) in [5.74, 6) is -0.236. The molecule has 0 aliphatic carbocycles. The molecule has 4 aromatic carbocycles. The maximum atomic E-state index is 12.8. The van der Waals surface area contributed by atoms with Gasteiger partial charge in [0.25, 0.3) is 0 Å². The van der Waals surface area contributed by atoms with Crippen molar-refractivity contribution in [1.29, 1.82) is 0 Å². The normalized spacial score (nSPS) is 11.9. The Kier molecular flexibility index (Phi) is 13.0. The molecule has 46 heavy (non-hydrogen) atoms. The first kappa shape index (κ1) is 33.5. The predicted octanol–water partition coefficient (Wildman–Crippen LogP) is 4.72. The summed E-state index contributed by atoms with van der Waals surface area (Å²) in [5.41, 5.74) is 3.47. The number of hydrogen-bond acceptors (Lipinski definition) is 8. The molecule has 0 heterocycles. The third kappa shape index (κ3) is 11.3. The van der Waals surface area contributed by atoms with E-state index >= 15 is 0 Å². The van der Waals surface area contributed by atoms with Crippen molar-refractivity contribution in [1.82, 2.24) is 10.6 Å². The Balaban J connectivity index is 1.35. The lowest BCUT2D eigenvalue weighted by Crippen LogP contribution is -2.45. The summed E-state index contributed by atoms with van der Waals surface area (Å²) in [4.78, 5) is 37.4. The molecule has 240 valence electrons. The second-order valence-corrected chi connectivity index (χ2v) is 10.5. The van der Waals surface area contributed by atoms with Crippen LogP contribution < -0.4 is 20.1 Å². The van der Waals surface area contributed by atoms with Gasteiger partial charge in [0, 0.05) is 13.0 Å². The van der Waals surface area contributed by atoms with Crippen LogP contribution >= 0.6 is 0 Å². The van der Waals surface area contributed by atoms with E-state index in [0.717, 1.165) is 16.7 Å². The van der Waals surface area contributed by atoms with Crippen molar-refractivity contribution in [2.24, 2.45) is 0 Å². The summed E-state index contributed by atoms with van der Waals surface area (Å²) in [6.07, 6.45) is -2.19. The van der Waals surface area contributed by atoms with E-state index in [9.17, 15) is 19.5 Å². The van der Waals surface area contributed by atoms with Crippen LogP contribution in [0.4, 0.5) is 4.79 Å². The summed E-state index contributed by atoms with van der Waals surface area (Å²) in [5, 5.41) is 15.4. The van der Waals surface area contributed by atoms with Crippen LogP contribution in [-0.4, -0.2) is 48.9 Å². The Labute approximate surface area is 268 Å². The number of methoxy groups -OCH3 is 1. The average Bonchev–Trinajstić information content (AvgIpc) is 3.09. The van der Waals surface area contributed by atoms with Crippen LogP contribution in [0, 0.1) is 0 Å². The summed E-state index contributed by atoms with van der Waals surface area (Å²) < 4.78 is 22.3. The minimum Gasteiger partial charge on any atom is -0.485 e. The van der Waals surface area contributed by atoms with E-state index in [2.05, 4.69) is 10.6 Å². The van der Waals surface area contributed by atoms with Crippen LogP contribution in [0.25, 0.3) is 0 Å². The molecule has 10 nitrogen and oxygen atoms in total. The molecule has 0 aliphatic heterocycles. The smallest absolute Gasteiger partial charge is 0.407 e. The van der Waals surface area contributed by atoms with Crippen LogP contribution in [-0.2, 0) is 45.3 Å². The molecule has 0 aliphatic rings. The summed E-state index contributed by atoms with van der Waals surface area (Å²) in [7, 11) is 1.23. The monoisotopic (exact) mass is 626 g/mol. The minimum absolute atomic E-state index is 0.0726. The number of alkyl carbamates (subject to hydrolysis) is 1. The van der Waals surface area contributed by atoms with Gasteiger partial charge in [-0.1, -0.05) is 97.1 Å². The molecule has 0 aromatic heterocycles. The van der Waals surface area contributed by atoms with E-state index in [1.54, 1.807) is 18.2 Å². The Morgan fingerprint density at radius 1 is 0.696 bits per heavy atom. The number of carbonyl (C=O) groups excluding carboxylic acids is 3. The van der Waals surface area contributed by atoms with E-state index in [0.29, 0.717) is 30.3 Å². The number of aliphatic hydroxyl groups excluding tert-OH is 1. The molecule has 0 unspecified atom stereocenters. The highest BCUT2D eigenvalue weighted by atomic mass is 16.5. The van der Waals surface area contributed by atoms with Crippen molar-refractivity contribution < 1.29 is 38.4 Å². The minimum atomic E-state index is -1.21. The van der Waals surface area contributed by atoms with Gasteiger partial charge in [-0.3, -0.25) is 4.79 Å². The lowest BCUT2D eigenvalue weighted by molar-refractivity contribution is -0.145. The van der Waals surface area contributed by atoms with Crippen molar-refractivity contribution in [3.05, 3.63) is 131 Å². The van der Waals surface area contributed by atoms with Crippen molar-refractivity contribution >= 4 is 18.0 Å². The second-order valence-electron chi connectivity index (χ2n) is 10.5. The molecule has 2 amide bonds. The fraction of sp³-hybridized carbons (Fsp3) is 0.250. The number of carbonyl (C=O) groups is 3. The lowest BCUT2D eigenvalue weighted by atomic mass is 10.0. The van der Waals surface area contributed by atoms with Gasteiger partial charge >= 0.3 is 12.1 Å². The topological polar surface area (TPSA) is 132 Å². The zero-order chi connectivity index (χ0) is 32.6. The van der Waals surface area contributed by atoms with E-state index < -0.39 is 30.1 Å². The van der Waals surface area contributed by atoms with Gasteiger partial charge in [-0.05, 0) is 34.4 Å². The maximum absolute atomic E-state index is 12.8. The van der Waals surface area contributed by atoms with Crippen LogP contribution in [0.5, 0.6) is 11.5 Å². The van der Waals surface area contributed by atoms with E-state index in [4.69, 9.17) is 18.9 Å². The number of ether oxygens (including phenoxy) is 4. The van der Waals surface area contributed by atoms with Crippen LogP contribution in [0.3, 0.4) is 0 Å². The Morgan fingerprint density at radius 3 is 1.80 bits per heavy atom. The zero-order valence-corrected chi connectivity index (χ0v) is 25.6. The summed E-state index contributed by atoms with van der Waals surface area (Å²) in [6.45, 7) is 0.499. The SMILES string of the molecule is COC(=O)[C@H](Cc1ccc(OCc2ccccc2)c(OCc2ccccc2)c1)NC(=O)C[C@@H](O)CNC(=O)OCc1ccccc1. The van der Waals surface area contributed by atoms with Crippen LogP contribution in [0.2, 0.25) is 0 Å². The predicted molar refractivity (Wildman–Crippen MR) is 171 cm³/mol. The Morgan fingerprint density at radius 2 is 1.24 bits per heavy atom. The fourth-order valence-electron chi connectivity index (χ4n) is 4.47. The van der Waals surface area contributed by atoms with Gasteiger partial charge in [0.2, 0.25) is 5.91 Å². The number of nitrogens with one attached hydrogen (secondary N) is 2. The summed E-state index contributed by atoms with van der Waals surface area (Å²) in [6, 6.07) is 32.9. The van der Waals surface area contributed by atoms with Crippen molar-refractivity contribution in [2.45, 2.75) is 44.8 Å². The number of amides is 2. The molecule has 0 spiro atoms. The standard InChI is InChI=1S/C36H38N2O8/c1-43-35(41)31(38-34(40)21-30(39)22-37-36(42)46-25-28-15-9-4-10-16-28)19-29-17-18-32(44-23-26-11-5-2-6-12-26)33(20-29)45-24-27-13-7-3-8-14-27/h2-18,20,30-31,39H,19,21-25H2,1H3,(H,37,42)(H,38,40)/t30-,31+/m1/s1. The van der Waals surface area contributed by atoms with Gasteiger partial charge in [0.1, 0.15) is 25.9 Å². The zero-order valence-electron chi connectivity index (χ0n) is 25.6. The van der Waals surface area contributed by atoms with Gasteiger partial charge < -0.3 is 34.7 Å². The molecule has 0 fully saturated rings. The molecular formula is C36H38N2O8. The Bertz CT molecular complexity index is 1530. The largest absolute Gasteiger partial charge is 0.485 e. The molecule has 2 atom stereocenters. The third-order valence-electron chi connectivity index (χ3n) is 6.86. The molecular weight excluding hydrogens is 588 g/mol. The van der Waals surface area contributed by atoms with E-state index in [1.165, 1.54) is 7.11 Å². The fourth-order valence-corrected chi connectivity index (χ4v) is 4.47. The third-order valence-corrected chi connectivity index (χ3v) is 6.86. The molecule has 0 saturated heterocycles.